The fourth-order valence-electron chi connectivity index (χ4n) is 3.89. The molecule has 0 saturated carbocycles. The number of benzene rings is 1. The van der Waals surface area contributed by atoms with E-state index < -0.39 is 17.9 Å². The second kappa shape index (κ2) is 10.2. The number of rotatable bonds is 7. The zero-order chi connectivity index (χ0) is 26.0. The number of aliphatic carboxylic acids is 1. The summed E-state index contributed by atoms with van der Waals surface area (Å²) in [4.78, 5) is 49.3. The minimum absolute atomic E-state index is 0.0786. The monoisotopic (exact) mass is 506 g/mol. The Balaban J connectivity index is 1.51. The summed E-state index contributed by atoms with van der Waals surface area (Å²) in [6, 6.07) is 10.5. The summed E-state index contributed by atoms with van der Waals surface area (Å²) in [5.41, 5.74) is 2.61. The molecule has 36 heavy (non-hydrogen) atoms. The van der Waals surface area contributed by atoms with E-state index >= 15 is 0 Å². The van der Waals surface area contributed by atoms with Crippen LogP contribution in [0.3, 0.4) is 0 Å². The topological polar surface area (TPSA) is 112 Å². The maximum atomic E-state index is 13.3. The zero-order valence-corrected chi connectivity index (χ0v) is 21.6. The van der Waals surface area contributed by atoms with Crippen molar-refractivity contribution >= 4 is 29.1 Å². The Morgan fingerprint density at radius 1 is 1.08 bits per heavy atom. The normalized spacial score (nSPS) is 14.7. The summed E-state index contributed by atoms with van der Waals surface area (Å²) in [6.45, 7) is 8.48. The second-order valence-corrected chi connectivity index (χ2v) is 11.3. The lowest BCUT2D eigenvalue weighted by atomic mass is 9.95. The molecule has 0 bridgehead atoms. The maximum absolute atomic E-state index is 13.3. The third-order valence-corrected chi connectivity index (χ3v) is 7.66. The van der Waals surface area contributed by atoms with Gasteiger partial charge in [-0.05, 0) is 35.6 Å². The first-order valence-electron chi connectivity index (χ1n) is 11.8. The molecule has 188 valence electrons. The molecule has 0 radical (unpaired) electrons. The number of nitrogens with one attached hydrogen (secondary N) is 1. The lowest BCUT2D eigenvalue weighted by molar-refractivity contribution is -0.153. The van der Waals surface area contributed by atoms with E-state index in [1.807, 2.05) is 37.3 Å². The van der Waals surface area contributed by atoms with Crippen LogP contribution in [0.15, 0.2) is 48.8 Å². The van der Waals surface area contributed by atoms with Crippen LogP contribution in [0.1, 0.15) is 46.4 Å². The van der Waals surface area contributed by atoms with Crippen molar-refractivity contribution in [2.45, 2.75) is 45.6 Å². The van der Waals surface area contributed by atoms with Crippen LogP contribution in [-0.4, -0.2) is 56.9 Å². The van der Waals surface area contributed by atoms with Crippen molar-refractivity contribution in [1.29, 1.82) is 0 Å². The largest absolute Gasteiger partial charge is 0.481 e. The zero-order valence-electron chi connectivity index (χ0n) is 20.8. The molecule has 9 heteroatoms. The first-order valence-corrected chi connectivity index (χ1v) is 12.6. The number of hydrogen-bond donors (Lipinski definition) is 2. The summed E-state index contributed by atoms with van der Waals surface area (Å²) in [5.74, 6) is -1.46. The van der Waals surface area contributed by atoms with Crippen molar-refractivity contribution in [3.05, 3.63) is 69.7 Å². The number of aromatic nitrogens is 2. The highest BCUT2D eigenvalue weighted by Gasteiger charge is 2.39. The van der Waals surface area contributed by atoms with Crippen molar-refractivity contribution in [3.63, 3.8) is 0 Å². The number of nitrogens with zero attached hydrogens (tertiary/aromatic N) is 3. The number of carboxylic acid groups (broad SMARTS) is 1. The number of carbonyl (C=O) groups is 3. The molecule has 3 heterocycles. The predicted octanol–water partition coefficient (Wildman–Crippen LogP) is 3.70. The highest BCUT2D eigenvalue weighted by molar-refractivity contribution is 7.14. The van der Waals surface area contributed by atoms with Gasteiger partial charge in [-0.3, -0.25) is 14.4 Å². The van der Waals surface area contributed by atoms with Crippen LogP contribution in [0.25, 0.3) is 11.4 Å². The number of carboxylic acids is 1. The van der Waals surface area contributed by atoms with Gasteiger partial charge in [0.05, 0.1) is 10.8 Å². The SMILES string of the molecule is Cc1cnc(-c2ccc(C[C@H](NC(=O)c3ccc(C(C)(C)C)s3)C(=O)N3CC(C(=O)O)C3)cc2)nc1. The molecular formula is C27H30N4O4S. The minimum Gasteiger partial charge on any atom is -0.481 e. The Morgan fingerprint density at radius 3 is 2.28 bits per heavy atom. The molecule has 1 aliphatic heterocycles. The molecule has 1 atom stereocenters. The van der Waals surface area contributed by atoms with Gasteiger partial charge in [0.1, 0.15) is 6.04 Å². The van der Waals surface area contributed by atoms with Crippen molar-refractivity contribution in [1.82, 2.24) is 20.2 Å². The number of likely N-dealkylation sites (tertiary alicyclic amines) is 1. The fraction of sp³-hybridized carbons (Fsp3) is 0.370. The lowest BCUT2D eigenvalue weighted by Crippen LogP contribution is -2.59. The van der Waals surface area contributed by atoms with Crippen molar-refractivity contribution in [2.75, 3.05) is 13.1 Å². The Bertz CT molecular complexity index is 1260. The highest BCUT2D eigenvalue weighted by Crippen LogP contribution is 2.29. The number of hydrogen-bond acceptors (Lipinski definition) is 6. The molecule has 2 amide bonds. The van der Waals surface area contributed by atoms with Crippen LogP contribution >= 0.6 is 11.3 Å². The van der Waals surface area contributed by atoms with E-state index in [0.29, 0.717) is 10.7 Å². The third-order valence-electron chi connectivity index (χ3n) is 6.15. The van der Waals surface area contributed by atoms with Gasteiger partial charge in [-0.15, -0.1) is 11.3 Å². The second-order valence-electron chi connectivity index (χ2n) is 10.2. The average Bonchev–Trinajstić information content (AvgIpc) is 3.30. The van der Waals surface area contributed by atoms with Gasteiger partial charge in [-0.2, -0.15) is 0 Å². The molecule has 1 aromatic carbocycles. The van der Waals surface area contributed by atoms with Crippen molar-refractivity contribution in [3.8, 4) is 11.4 Å². The smallest absolute Gasteiger partial charge is 0.310 e. The van der Waals surface area contributed by atoms with Crippen LogP contribution in [0, 0.1) is 12.8 Å². The first-order chi connectivity index (χ1) is 17.0. The third kappa shape index (κ3) is 5.79. The molecule has 0 unspecified atom stereocenters. The molecule has 0 aliphatic carbocycles. The Kier molecular flexibility index (Phi) is 7.21. The summed E-state index contributed by atoms with van der Waals surface area (Å²) < 4.78 is 0. The fourth-order valence-corrected chi connectivity index (χ4v) is 4.86. The molecule has 1 fully saturated rings. The lowest BCUT2D eigenvalue weighted by Gasteiger charge is -2.38. The summed E-state index contributed by atoms with van der Waals surface area (Å²) in [5, 5.41) is 12.1. The highest BCUT2D eigenvalue weighted by atomic mass is 32.1. The van der Waals surface area contributed by atoms with Crippen LogP contribution in [0.4, 0.5) is 0 Å². The van der Waals surface area contributed by atoms with Gasteiger partial charge in [0.25, 0.3) is 5.91 Å². The molecule has 4 rings (SSSR count). The Hall–Kier alpha value is -3.59. The summed E-state index contributed by atoms with van der Waals surface area (Å²) >= 11 is 1.41. The number of thiophene rings is 1. The van der Waals surface area contributed by atoms with E-state index in [0.717, 1.165) is 21.6 Å². The Labute approximate surface area is 214 Å². The van der Waals surface area contributed by atoms with E-state index in [9.17, 15) is 19.5 Å². The maximum Gasteiger partial charge on any atom is 0.310 e. The molecular weight excluding hydrogens is 476 g/mol. The van der Waals surface area contributed by atoms with Crippen LogP contribution in [0.5, 0.6) is 0 Å². The quantitative estimate of drug-likeness (QED) is 0.505. The molecule has 1 aliphatic rings. The number of aryl methyl sites for hydroxylation is 1. The van der Waals surface area contributed by atoms with Gasteiger partial charge in [-0.25, -0.2) is 9.97 Å². The number of amides is 2. The van der Waals surface area contributed by atoms with Crippen LogP contribution < -0.4 is 5.32 Å². The minimum atomic E-state index is -0.915. The van der Waals surface area contributed by atoms with Gasteiger partial charge in [-0.1, -0.05) is 45.0 Å². The van der Waals surface area contributed by atoms with Gasteiger partial charge < -0.3 is 15.3 Å². The first kappa shape index (κ1) is 25.5. The van der Waals surface area contributed by atoms with Gasteiger partial charge in [0, 0.05) is 42.3 Å². The van der Waals surface area contributed by atoms with E-state index in [1.165, 1.54) is 16.2 Å². The Morgan fingerprint density at radius 2 is 1.72 bits per heavy atom. The molecule has 3 aromatic rings. The van der Waals surface area contributed by atoms with Crippen molar-refractivity contribution in [2.24, 2.45) is 5.92 Å². The molecule has 2 N–H and O–H groups in total. The van der Waals surface area contributed by atoms with E-state index in [4.69, 9.17) is 0 Å². The van der Waals surface area contributed by atoms with E-state index in [-0.39, 0.29) is 36.7 Å². The van der Waals surface area contributed by atoms with E-state index in [2.05, 4.69) is 36.1 Å². The average molecular weight is 507 g/mol. The molecule has 2 aromatic heterocycles. The standard InChI is InChI=1S/C27H30N4O4S/c1-16-12-28-23(29-13-16)18-7-5-17(6-8-18)11-20(25(33)31-14-19(15-31)26(34)35)30-24(32)21-9-10-22(36-21)27(2,3)4/h5-10,12-13,19-20H,11,14-15H2,1-4H3,(H,30,32)(H,34,35)/t20-/m0/s1. The van der Waals surface area contributed by atoms with Gasteiger partial charge in [0.15, 0.2) is 5.82 Å². The molecule has 8 nitrogen and oxygen atoms in total. The van der Waals surface area contributed by atoms with Crippen LogP contribution in [-0.2, 0) is 21.4 Å². The molecule has 0 spiro atoms. The summed E-state index contributed by atoms with van der Waals surface area (Å²) in [7, 11) is 0. The van der Waals surface area contributed by atoms with Crippen LogP contribution in [0.2, 0.25) is 0 Å². The number of carbonyl (C=O) groups excluding carboxylic acids is 2. The van der Waals surface area contributed by atoms with Gasteiger partial charge >= 0.3 is 5.97 Å². The van der Waals surface area contributed by atoms with E-state index in [1.54, 1.807) is 18.5 Å². The summed E-state index contributed by atoms with van der Waals surface area (Å²) in [6.07, 6.45) is 3.80. The van der Waals surface area contributed by atoms with Gasteiger partial charge in [0.2, 0.25) is 5.91 Å². The molecule has 1 saturated heterocycles. The van der Waals surface area contributed by atoms with Crippen molar-refractivity contribution < 1.29 is 19.5 Å². The predicted molar refractivity (Wildman–Crippen MR) is 138 cm³/mol.